The highest BCUT2D eigenvalue weighted by Gasteiger charge is 2.28. The van der Waals surface area contributed by atoms with E-state index >= 15 is 0 Å². The normalized spacial score (nSPS) is 19.3. The van der Waals surface area contributed by atoms with E-state index in [1.54, 1.807) is 17.9 Å². The van der Waals surface area contributed by atoms with Crippen LogP contribution >= 0.6 is 0 Å². The molecule has 0 unspecified atom stereocenters. The number of aryl methyl sites for hydroxylation is 2. The van der Waals surface area contributed by atoms with E-state index in [9.17, 15) is 9.90 Å². The zero-order valence-electron chi connectivity index (χ0n) is 15.4. The molecule has 27 heavy (non-hydrogen) atoms. The Morgan fingerprint density at radius 2 is 2.30 bits per heavy atom. The first-order valence-electron chi connectivity index (χ1n) is 8.88. The lowest BCUT2D eigenvalue weighted by molar-refractivity contribution is -0.143. The number of carboxylic acid groups (broad SMARTS) is 1. The van der Waals surface area contributed by atoms with Crippen molar-refractivity contribution in [3.05, 3.63) is 40.2 Å². The minimum Gasteiger partial charge on any atom is -0.489 e. The molecule has 0 amide bonds. The van der Waals surface area contributed by atoms with E-state index < -0.39 is 5.97 Å². The number of hydrogen-bond donors (Lipinski definition) is 1. The molecule has 3 rings (SSSR count). The van der Waals surface area contributed by atoms with Crippen LogP contribution in [0.3, 0.4) is 0 Å². The van der Waals surface area contributed by atoms with Crippen LogP contribution in [0.25, 0.3) is 21.7 Å². The van der Waals surface area contributed by atoms with E-state index in [1.165, 1.54) is 0 Å². The van der Waals surface area contributed by atoms with Crippen molar-refractivity contribution in [2.45, 2.75) is 45.3 Å². The number of rotatable bonds is 6. The van der Waals surface area contributed by atoms with Gasteiger partial charge < -0.3 is 9.84 Å². The highest BCUT2D eigenvalue weighted by atomic mass is 16.5. The summed E-state index contributed by atoms with van der Waals surface area (Å²) in [5, 5.41) is 17.1. The van der Waals surface area contributed by atoms with Crippen LogP contribution in [0.4, 0.5) is 0 Å². The molecule has 0 saturated heterocycles. The van der Waals surface area contributed by atoms with Gasteiger partial charge in [0.1, 0.15) is 5.75 Å². The first-order chi connectivity index (χ1) is 13.0. The molecular weight excluding hydrogens is 348 g/mol. The van der Waals surface area contributed by atoms with Crippen LogP contribution in [-0.2, 0) is 18.4 Å². The average molecular weight is 370 g/mol. The van der Waals surface area contributed by atoms with Gasteiger partial charge in [-0.1, -0.05) is 5.11 Å². The van der Waals surface area contributed by atoms with Gasteiger partial charge in [0.05, 0.1) is 41.8 Å². The second-order valence-corrected chi connectivity index (χ2v) is 6.74. The van der Waals surface area contributed by atoms with Crippen molar-refractivity contribution in [2.24, 2.45) is 18.1 Å². The topological polar surface area (TPSA) is 126 Å². The van der Waals surface area contributed by atoms with Crippen LogP contribution < -0.4 is 4.74 Å². The van der Waals surface area contributed by atoms with Crippen molar-refractivity contribution < 1.29 is 14.6 Å². The van der Waals surface area contributed by atoms with Gasteiger partial charge >= 0.3 is 5.97 Å². The summed E-state index contributed by atoms with van der Waals surface area (Å²) >= 11 is 0. The molecule has 1 fully saturated rings. The Labute approximate surface area is 156 Å². The number of aromatic nitrogens is 3. The Morgan fingerprint density at radius 1 is 1.48 bits per heavy atom. The van der Waals surface area contributed by atoms with Crippen molar-refractivity contribution in [1.82, 2.24) is 14.8 Å². The van der Waals surface area contributed by atoms with E-state index in [0.29, 0.717) is 18.6 Å². The lowest BCUT2D eigenvalue weighted by Gasteiger charge is -2.27. The van der Waals surface area contributed by atoms with Crippen LogP contribution in [-0.4, -0.2) is 31.9 Å². The lowest BCUT2D eigenvalue weighted by Crippen LogP contribution is -2.29. The molecule has 2 heterocycles. The molecule has 0 radical (unpaired) electrons. The Balaban J connectivity index is 1.78. The third-order valence-corrected chi connectivity index (χ3v) is 4.93. The van der Waals surface area contributed by atoms with Gasteiger partial charge in [-0.25, -0.2) is 4.98 Å². The van der Waals surface area contributed by atoms with Crippen LogP contribution in [0.2, 0.25) is 0 Å². The molecule has 9 heteroatoms. The number of aliphatic carboxylic acids is 1. The fourth-order valence-corrected chi connectivity index (χ4v) is 3.44. The van der Waals surface area contributed by atoms with E-state index in [4.69, 9.17) is 10.3 Å². The molecule has 0 spiro atoms. The molecule has 2 aromatic rings. The highest BCUT2D eigenvalue weighted by Crippen LogP contribution is 2.31. The number of carboxylic acids is 1. The molecule has 2 aromatic heterocycles. The quantitative estimate of drug-likeness (QED) is 0.472. The van der Waals surface area contributed by atoms with Gasteiger partial charge in [-0.05, 0) is 50.3 Å². The maximum atomic E-state index is 11.2. The van der Waals surface area contributed by atoms with Crippen molar-refractivity contribution in [1.29, 1.82) is 0 Å². The maximum Gasteiger partial charge on any atom is 0.306 e. The lowest BCUT2D eigenvalue weighted by atomic mass is 9.87. The average Bonchev–Trinajstić information content (AvgIpc) is 3.02. The first-order valence-corrected chi connectivity index (χ1v) is 8.88. The van der Waals surface area contributed by atoms with E-state index in [-0.39, 0.29) is 18.6 Å². The van der Waals surface area contributed by atoms with Gasteiger partial charge in [-0.15, -0.1) is 0 Å². The van der Waals surface area contributed by atoms with E-state index in [0.717, 1.165) is 35.5 Å². The highest BCUT2D eigenvalue weighted by molar-refractivity contribution is 5.70. The van der Waals surface area contributed by atoms with Crippen LogP contribution in [0.5, 0.6) is 5.75 Å². The number of carbonyl (C=O) groups is 1. The zero-order valence-corrected chi connectivity index (χ0v) is 15.4. The summed E-state index contributed by atoms with van der Waals surface area (Å²) in [6.45, 7) is 2.06. The molecule has 142 valence electrons. The van der Waals surface area contributed by atoms with Crippen molar-refractivity contribution >= 4 is 5.97 Å². The standard InChI is InChI=1S/C18H22N6O3/c1-11-17(27-13-5-3-4-12(8-13)18(25)26)7-6-15(22-11)14-9-21-24(2)16(14)10-20-23-19/h6-7,9,12-13H,3-5,8,10H2,1-2H3,(H,25,26)/t12-,13-/m0/s1. The predicted octanol–water partition coefficient (Wildman–Crippen LogP) is 3.62. The van der Waals surface area contributed by atoms with Crippen LogP contribution in [0.15, 0.2) is 23.4 Å². The second-order valence-electron chi connectivity index (χ2n) is 6.74. The molecule has 1 N–H and O–H groups in total. The summed E-state index contributed by atoms with van der Waals surface area (Å²) in [4.78, 5) is 18.6. The Bertz CT molecular complexity index is 887. The number of hydrogen-bond acceptors (Lipinski definition) is 5. The van der Waals surface area contributed by atoms with Crippen molar-refractivity contribution in [3.63, 3.8) is 0 Å². The van der Waals surface area contributed by atoms with E-state index in [1.807, 2.05) is 19.1 Å². The Morgan fingerprint density at radius 3 is 3.00 bits per heavy atom. The molecule has 1 saturated carbocycles. The fourth-order valence-electron chi connectivity index (χ4n) is 3.44. The smallest absolute Gasteiger partial charge is 0.306 e. The third-order valence-electron chi connectivity index (χ3n) is 4.93. The SMILES string of the molecule is Cc1nc(-c2cnn(C)c2CN=[N+]=[N-])ccc1O[C@H]1CCC[C@H](C(=O)O)C1. The zero-order chi connectivity index (χ0) is 19.4. The van der Waals surface area contributed by atoms with Crippen molar-refractivity contribution in [3.8, 4) is 17.0 Å². The molecule has 1 aliphatic carbocycles. The Kier molecular flexibility index (Phi) is 5.61. The van der Waals surface area contributed by atoms with Crippen molar-refractivity contribution in [2.75, 3.05) is 0 Å². The molecular formula is C18H22N6O3. The monoisotopic (exact) mass is 370 g/mol. The number of nitrogens with zero attached hydrogens (tertiary/aromatic N) is 6. The number of azide groups is 1. The summed E-state index contributed by atoms with van der Waals surface area (Å²) in [6.07, 6.45) is 4.53. The van der Waals surface area contributed by atoms with Crippen LogP contribution in [0.1, 0.15) is 37.1 Å². The first kappa shape index (κ1) is 18.7. The second kappa shape index (κ2) is 8.09. The third kappa shape index (κ3) is 4.20. The molecule has 0 aromatic carbocycles. The maximum absolute atomic E-state index is 11.2. The van der Waals surface area contributed by atoms with Gasteiger partial charge in [0.25, 0.3) is 0 Å². The summed E-state index contributed by atoms with van der Waals surface area (Å²) in [7, 11) is 1.79. The molecule has 0 aliphatic heterocycles. The van der Waals surface area contributed by atoms with Gasteiger partial charge in [0, 0.05) is 17.5 Å². The van der Waals surface area contributed by atoms with Crippen LogP contribution in [0, 0.1) is 12.8 Å². The fraction of sp³-hybridized carbons (Fsp3) is 0.500. The minimum absolute atomic E-state index is 0.106. The molecule has 9 nitrogen and oxygen atoms in total. The number of ether oxygens (including phenoxy) is 1. The largest absolute Gasteiger partial charge is 0.489 e. The van der Waals surface area contributed by atoms with Gasteiger partial charge in [0.2, 0.25) is 0 Å². The predicted molar refractivity (Wildman–Crippen MR) is 98.0 cm³/mol. The van der Waals surface area contributed by atoms with Gasteiger partial charge in [-0.2, -0.15) is 5.10 Å². The molecule has 2 atom stereocenters. The minimum atomic E-state index is -0.752. The summed E-state index contributed by atoms with van der Waals surface area (Å²) in [6, 6.07) is 3.70. The summed E-state index contributed by atoms with van der Waals surface area (Å²) < 4.78 is 7.71. The number of pyridine rings is 1. The molecule has 1 aliphatic rings. The Hall–Kier alpha value is -3.06. The summed E-state index contributed by atoms with van der Waals surface area (Å²) in [5.41, 5.74) is 11.6. The van der Waals surface area contributed by atoms with E-state index in [2.05, 4.69) is 20.1 Å². The van der Waals surface area contributed by atoms with Gasteiger partial charge in [-0.3, -0.25) is 9.48 Å². The summed E-state index contributed by atoms with van der Waals surface area (Å²) in [5.74, 6) is -0.428. The molecule has 0 bridgehead atoms. The van der Waals surface area contributed by atoms with Gasteiger partial charge in [0.15, 0.2) is 0 Å².